The molecule has 0 atom stereocenters. The molecule has 0 aromatic heterocycles. The molecule has 2 aromatic carbocycles. The number of anilines is 1. The first-order valence-corrected chi connectivity index (χ1v) is 10.8. The molecule has 0 aliphatic carbocycles. The van der Waals surface area contributed by atoms with Gasteiger partial charge in [0.1, 0.15) is 5.82 Å². The average Bonchev–Trinajstić information content (AvgIpc) is 2.93. The number of benzene rings is 2. The van der Waals surface area contributed by atoms with E-state index < -0.39 is 16.0 Å². The van der Waals surface area contributed by atoms with Gasteiger partial charge in [0.2, 0.25) is 10.0 Å². The Bertz CT molecular complexity index is 997. The number of carbonyl (C=O) groups excluding carboxylic acids is 1. The summed E-state index contributed by atoms with van der Waals surface area (Å²) in [7, 11) is -2.69. The normalized spacial score (nSPS) is 15.8. The van der Waals surface area contributed by atoms with Gasteiger partial charge < -0.3 is 9.64 Å². The van der Waals surface area contributed by atoms with Crippen LogP contribution in [0.4, 0.5) is 10.1 Å². The van der Waals surface area contributed by atoms with Crippen LogP contribution in [-0.2, 0) is 21.3 Å². The molecule has 1 heterocycles. The Morgan fingerprint density at radius 1 is 1.14 bits per heavy atom. The highest BCUT2D eigenvalue weighted by molar-refractivity contribution is 7.89. The Morgan fingerprint density at radius 2 is 1.90 bits per heavy atom. The molecule has 1 aliphatic rings. The fourth-order valence-corrected chi connectivity index (χ4v) is 4.02. The van der Waals surface area contributed by atoms with Gasteiger partial charge in [-0.25, -0.2) is 22.7 Å². The van der Waals surface area contributed by atoms with Crippen LogP contribution >= 0.6 is 0 Å². The number of primary sulfonamides is 1. The number of hydrogen-bond donors (Lipinski definition) is 1. The molecule has 7 nitrogen and oxygen atoms in total. The standard InChI is InChI=1S/C20H24FN3O4S/c1-28-20(25)17-13-16(29(22,26)27)7-8-19(17)24-10-4-9-23(11-12-24)14-15-5-2-3-6-18(15)21/h2-3,5-8,13H,4,9-12,14H2,1H3,(H2,22,26,27). The molecule has 9 heteroatoms. The third kappa shape index (κ3) is 5.11. The van der Waals surface area contributed by atoms with Gasteiger partial charge in [-0.1, -0.05) is 18.2 Å². The number of halogens is 1. The van der Waals surface area contributed by atoms with E-state index in [2.05, 4.69) is 4.90 Å². The number of carbonyl (C=O) groups is 1. The molecule has 1 aliphatic heterocycles. The molecule has 156 valence electrons. The number of hydrogen-bond acceptors (Lipinski definition) is 6. The minimum absolute atomic E-state index is 0.141. The maximum Gasteiger partial charge on any atom is 0.340 e. The second-order valence-corrected chi connectivity index (χ2v) is 8.49. The quantitative estimate of drug-likeness (QED) is 0.742. The summed E-state index contributed by atoms with van der Waals surface area (Å²) in [4.78, 5) is 16.3. The van der Waals surface area contributed by atoms with Gasteiger partial charge in [0.25, 0.3) is 0 Å². The van der Waals surface area contributed by atoms with E-state index in [9.17, 15) is 17.6 Å². The van der Waals surface area contributed by atoms with Gasteiger partial charge in [-0.2, -0.15) is 0 Å². The highest BCUT2D eigenvalue weighted by Crippen LogP contribution is 2.26. The van der Waals surface area contributed by atoms with Crippen LogP contribution < -0.4 is 10.0 Å². The van der Waals surface area contributed by atoms with Crippen molar-refractivity contribution in [3.8, 4) is 0 Å². The second-order valence-electron chi connectivity index (χ2n) is 6.92. The first-order valence-electron chi connectivity index (χ1n) is 9.25. The molecule has 1 saturated heterocycles. The highest BCUT2D eigenvalue weighted by Gasteiger charge is 2.23. The zero-order valence-corrected chi connectivity index (χ0v) is 17.0. The van der Waals surface area contributed by atoms with Gasteiger partial charge in [0, 0.05) is 38.3 Å². The van der Waals surface area contributed by atoms with Crippen molar-refractivity contribution in [2.24, 2.45) is 5.14 Å². The fraction of sp³-hybridized carbons (Fsp3) is 0.350. The fourth-order valence-electron chi connectivity index (χ4n) is 3.48. The minimum Gasteiger partial charge on any atom is -0.465 e. The maximum absolute atomic E-state index is 14.0. The summed E-state index contributed by atoms with van der Waals surface area (Å²) < 4.78 is 42.1. The van der Waals surface area contributed by atoms with Crippen LogP contribution in [0, 0.1) is 5.82 Å². The Balaban J connectivity index is 1.80. The number of ether oxygens (including phenoxy) is 1. The summed E-state index contributed by atoms with van der Waals surface area (Å²) in [5.41, 5.74) is 1.40. The van der Waals surface area contributed by atoms with Crippen LogP contribution in [0.5, 0.6) is 0 Å². The predicted octanol–water partition coefficient (Wildman–Crippen LogP) is 1.97. The van der Waals surface area contributed by atoms with E-state index in [1.165, 1.54) is 25.3 Å². The van der Waals surface area contributed by atoms with Crippen molar-refractivity contribution < 1.29 is 22.3 Å². The lowest BCUT2D eigenvalue weighted by Gasteiger charge is -2.25. The van der Waals surface area contributed by atoms with Gasteiger partial charge in [-0.15, -0.1) is 0 Å². The van der Waals surface area contributed by atoms with Gasteiger partial charge in [-0.3, -0.25) is 4.90 Å². The van der Waals surface area contributed by atoms with Crippen molar-refractivity contribution >= 4 is 21.7 Å². The zero-order chi connectivity index (χ0) is 21.0. The molecular formula is C20H24FN3O4S. The van der Waals surface area contributed by atoms with Crippen molar-refractivity contribution in [2.75, 3.05) is 38.2 Å². The largest absolute Gasteiger partial charge is 0.465 e. The smallest absolute Gasteiger partial charge is 0.340 e. The van der Waals surface area contributed by atoms with E-state index in [0.717, 1.165) is 13.0 Å². The molecule has 2 aromatic rings. The van der Waals surface area contributed by atoms with Crippen LogP contribution in [0.2, 0.25) is 0 Å². The molecule has 1 fully saturated rings. The molecule has 0 bridgehead atoms. The monoisotopic (exact) mass is 421 g/mol. The van der Waals surface area contributed by atoms with E-state index in [1.807, 2.05) is 11.0 Å². The lowest BCUT2D eigenvalue weighted by Crippen LogP contribution is -2.31. The van der Waals surface area contributed by atoms with Crippen LogP contribution in [0.3, 0.4) is 0 Å². The second kappa shape index (κ2) is 8.89. The van der Waals surface area contributed by atoms with E-state index >= 15 is 0 Å². The molecular weight excluding hydrogens is 397 g/mol. The first kappa shape index (κ1) is 21.2. The van der Waals surface area contributed by atoms with Crippen LogP contribution in [0.1, 0.15) is 22.3 Å². The molecule has 2 N–H and O–H groups in total. The Hall–Kier alpha value is -2.49. The Kier molecular flexibility index (Phi) is 6.51. The summed E-state index contributed by atoms with van der Waals surface area (Å²) >= 11 is 0. The van der Waals surface area contributed by atoms with Crippen molar-refractivity contribution in [3.63, 3.8) is 0 Å². The molecule has 0 amide bonds. The molecule has 3 rings (SSSR count). The molecule has 0 unspecified atom stereocenters. The average molecular weight is 421 g/mol. The number of methoxy groups -OCH3 is 1. The SMILES string of the molecule is COC(=O)c1cc(S(N)(=O)=O)ccc1N1CCCN(Cc2ccccc2F)CC1. The van der Waals surface area contributed by atoms with E-state index in [1.54, 1.807) is 18.2 Å². The lowest BCUT2D eigenvalue weighted by molar-refractivity contribution is 0.0601. The molecule has 0 radical (unpaired) electrons. The topological polar surface area (TPSA) is 92.9 Å². The number of nitrogens with two attached hydrogens (primary N) is 1. The third-order valence-corrected chi connectivity index (χ3v) is 5.89. The van der Waals surface area contributed by atoms with Gasteiger partial charge in [0.05, 0.1) is 23.3 Å². The van der Waals surface area contributed by atoms with Crippen molar-refractivity contribution in [1.82, 2.24) is 4.90 Å². The maximum atomic E-state index is 14.0. The lowest BCUT2D eigenvalue weighted by atomic mass is 10.1. The van der Waals surface area contributed by atoms with E-state index in [-0.39, 0.29) is 16.3 Å². The summed E-state index contributed by atoms with van der Waals surface area (Å²) in [6.07, 6.45) is 0.812. The number of esters is 1. The summed E-state index contributed by atoms with van der Waals surface area (Å²) in [5.74, 6) is -0.849. The molecule has 0 saturated carbocycles. The van der Waals surface area contributed by atoms with Gasteiger partial charge in [-0.05, 0) is 30.7 Å². The summed E-state index contributed by atoms with van der Waals surface area (Å²) in [6.45, 7) is 3.24. The number of nitrogens with zero attached hydrogens (tertiary/aromatic N) is 2. The Labute approximate surface area is 169 Å². The van der Waals surface area contributed by atoms with E-state index in [0.29, 0.717) is 37.4 Å². The van der Waals surface area contributed by atoms with Gasteiger partial charge >= 0.3 is 5.97 Å². The van der Waals surface area contributed by atoms with Crippen molar-refractivity contribution in [1.29, 1.82) is 0 Å². The van der Waals surface area contributed by atoms with Gasteiger partial charge in [0.15, 0.2) is 0 Å². The summed E-state index contributed by atoms with van der Waals surface area (Å²) in [6, 6.07) is 10.9. The van der Waals surface area contributed by atoms with Crippen LogP contribution in [0.15, 0.2) is 47.4 Å². The summed E-state index contributed by atoms with van der Waals surface area (Å²) in [5, 5.41) is 5.19. The first-order chi connectivity index (χ1) is 13.8. The zero-order valence-electron chi connectivity index (χ0n) is 16.2. The van der Waals surface area contributed by atoms with Crippen LogP contribution in [-0.4, -0.2) is 52.6 Å². The predicted molar refractivity (Wildman–Crippen MR) is 108 cm³/mol. The van der Waals surface area contributed by atoms with E-state index in [4.69, 9.17) is 9.88 Å². The number of sulfonamides is 1. The Morgan fingerprint density at radius 3 is 2.59 bits per heavy atom. The molecule has 29 heavy (non-hydrogen) atoms. The van der Waals surface area contributed by atoms with Crippen molar-refractivity contribution in [3.05, 3.63) is 59.4 Å². The number of rotatable bonds is 5. The van der Waals surface area contributed by atoms with Crippen LogP contribution in [0.25, 0.3) is 0 Å². The van der Waals surface area contributed by atoms with Crippen molar-refractivity contribution in [2.45, 2.75) is 17.9 Å². The third-order valence-electron chi connectivity index (χ3n) is 4.98. The highest BCUT2D eigenvalue weighted by atomic mass is 32.2. The minimum atomic E-state index is -3.94. The molecule has 0 spiro atoms.